The molecule has 166 valence electrons. The van der Waals surface area contributed by atoms with Crippen molar-refractivity contribution >= 4 is 21.6 Å². The molecule has 2 N–H and O–H groups in total. The number of aryl methyl sites for hydroxylation is 4. The Kier molecular flexibility index (Phi) is 6.07. The molecule has 0 spiro atoms. The largest absolute Gasteiger partial charge is 0.346 e. The maximum absolute atomic E-state index is 12.9. The molecule has 1 unspecified atom stereocenters. The van der Waals surface area contributed by atoms with E-state index in [0.29, 0.717) is 11.3 Å². The summed E-state index contributed by atoms with van der Waals surface area (Å²) in [5.41, 5.74) is 6.36. The van der Waals surface area contributed by atoms with Crippen molar-refractivity contribution in [3.8, 4) is 0 Å². The maximum Gasteiger partial charge on any atom is 0.261 e. The molecule has 1 aliphatic carbocycles. The molecule has 0 radical (unpaired) electrons. The van der Waals surface area contributed by atoms with Crippen LogP contribution in [-0.4, -0.2) is 14.3 Å². The monoisotopic (exact) mass is 448 g/mol. The fourth-order valence-corrected chi connectivity index (χ4v) is 5.14. The van der Waals surface area contributed by atoms with Gasteiger partial charge in [0.05, 0.1) is 16.6 Å². The van der Waals surface area contributed by atoms with Crippen molar-refractivity contribution in [2.75, 3.05) is 4.72 Å². The third kappa shape index (κ3) is 4.70. The number of benzene rings is 3. The van der Waals surface area contributed by atoms with Gasteiger partial charge < -0.3 is 5.32 Å². The molecule has 3 aromatic carbocycles. The number of carbonyl (C=O) groups is 1. The van der Waals surface area contributed by atoms with Gasteiger partial charge in [0.1, 0.15) is 0 Å². The number of nitrogens with one attached hydrogen (secondary N) is 2. The van der Waals surface area contributed by atoms with Crippen molar-refractivity contribution in [3.63, 3.8) is 0 Å². The highest BCUT2D eigenvalue weighted by molar-refractivity contribution is 7.92. The third-order valence-electron chi connectivity index (χ3n) is 6.05. The lowest BCUT2D eigenvalue weighted by Gasteiger charge is -2.17. The number of fused-ring (bicyclic) bond motifs is 1. The Hall–Kier alpha value is -3.12. The third-order valence-corrected chi connectivity index (χ3v) is 7.43. The van der Waals surface area contributed by atoms with Crippen molar-refractivity contribution < 1.29 is 13.2 Å². The highest BCUT2D eigenvalue weighted by Crippen LogP contribution is 2.26. The van der Waals surface area contributed by atoms with E-state index in [1.165, 1.54) is 17.5 Å². The molecule has 6 heteroatoms. The first kappa shape index (κ1) is 22.1. The van der Waals surface area contributed by atoms with Crippen LogP contribution in [0.25, 0.3) is 0 Å². The van der Waals surface area contributed by atoms with Crippen LogP contribution < -0.4 is 10.0 Å². The Balaban J connectivity index is 1.51. The zero-order chi connectivity index (χ0) is 22.9. The van der Waals surface area contributed by atoms with Crippen molar-refractivity contribution in [2.24, 2.45) is 0 Å². The molecule has 3 aromatic rings. The first-order valence-electron chi connectivity index (χ1n) is 10.9. The summed E-state index contributed by atoms with van der Waals surface area (Å²) < 4.78 is 28.2. The van der Waals surface area contributed by atoms with Gasteiger partial charge in [0, 0.05) is 5.56 Å². The topological polar surface area (TPSA) is 75.3 Å². The summed E-state index contributed by atoms with van der Waals surface area (Å²) in [5, 5.41) is 3.03. The maximum atomic E-state index is 12.9. The van der Waals surface area contributed by atoms with Crippen LogP contribution >= 0.6 is 0 Å². The molecular weight excluding hydrogens is 420 g/mol. The number of carbonyl (C=O) groups excluding carboxylic acids is 1. The van der Waals surface area contributed by atoms with Gasteiger partial charge in [0.25, 0.3) is 15.9 Å². The van der Waals surface area contributed by atoms with Gasteiger partial charge in [0.15, 0.2) is 0 Å². The average molecular weight is 449 g/mol. The van der Waals surface area contributed by atoms with E-state index in [-0.39, 0.29) is 16.8 Å². The standard InChI is InChI=1S/C26H28N2O3S/c1-17-7-13-24(14-8-17)32(30,31)28-25-16-23(10-9-18(25)2)26(29)27-19(3)21-12-11-20-5-4-6-22(20)15-21/h7-16,19,28H,4-6H2,1-3H3,(H,27,29). The molecule has 0 saturated heterocycles. The minimum atomic E-state index is -3.75. The predicted molar refractivity (Wildman–Crippen MR) is 128 cm³/mol. The van der Waals surface area contributed by atoms with Gasteiger partial charge in [-0.15, -0.1) is 0 Å². The minimum absolute atomic E-state index is 0.151. The van der Waals surface area contributed by atoms with Gasteiger partial charge in [-0.2, -0.15) is 0 Å². The lowest BCUT2D eigenvalue weighted by atomic mass is 10.0. The Morgan fingerprint density at radius 2 is 1.62 bits per heavy atom. The molecule has 0 bridgehead atoms. The Labute approximate surface area is 189 Å². The lowest BCUT2D eigenvalue weighted by molar-refractivity contribution is 0.0940. The summed E-state index contributed by atoms with van der Waals surface area (Å²) >= 11 is 0. The Morgan fingerprint density at radius 3 is 2.38 bits per heavy atom. The van der Waals surface area contributed by atoms with Crippen LogP contribution in [0.3, 0.4) is 0 Å². The first-order chi connectivity index (χ1) is 15.2. The van der Waals surface area contributed by atoms with E-state index in [9.17, 15) is 13.2 Å². The van der Waals surface area contributed by atoms with Crippen LogP contribution in [0.1, 0.15) is 57.6 Å². The quantitative estimate of drug-likeness (QED) is 0.552. The van der Waals surface area contributed by atoms with Crippen LogP contribution in [0.15, 0.2) is 65.6 Å². The molecule has 1 amide bonds. The number of hydrogen-bond acceptors (Lipinski definition) is 3. The Bertz CT molecular complexity index is 1260. The number of sulfonamides is 1. The van der Waals surface area contributed by atoms with Crippen LogP contribution in [0, 0.1) is 13.8 Å². The first-order valence-corrected chi connectivity index (χ1v) is 12.3. The van der Waals surface area contributed by atoms with Gasteiger partial charge in [-0.1, -0.05) is 42.0 Å². The van der Waals surface area contributed by atoms with E-state index in [1.54, 1.807) is 42.5 Å². The summed E-state index contributed by atoms with van der Waals surface area (Å²) in [5.74, 6) is -0.242. The molecule has 4 rings (SSSR count). The second-order valence-corrected chi connectivity index (χ2v) is 10.2. The van der Waals surface area contributed by atoms with Crippen LogP contribution in [0.4, 0.5) is 5.69 Å². The molecule has 1 atom stereocenters. The zero-order valence-corrected chi connectivity index (χ0v) is 19.4. The van der Waals surface area contributed by atoms with Crippen LogP contribution in [-0.2, 0) is 22.9 Å². The minimum Gasteiger partial charge on any atom is -0.346 e. The summed E-state index contributed by atoms with van der Waals surface area (Å²) in [6.07, 6.45) is 3.40. The highest BCUT2D eigenvalue weighted by Gasteiger charge is 2.19. The summed E-state index contributed by atoms with van der Waals surface area (Å²) in [6.45, 7) is 5.67. The van der Waals surface area contributed by atoms with Crippen LogP contribution in [0.2, 0.25) is 0 Å². The second-order valence-electron chi connectivity index (χ2n) is 8.53. The van der Waals surface area contributed by atoms with Crippen molar-refractivity contribution in [1.29, 1.82) is 0 Å². The van der Waals surface area contributed by atoms with E-state index in [1.807, 2.05) is 20.8 Å². The van der Waals surface area contributed by atoms with E-state index < -0.39 is 10.0 Å². The number of hydrogen-bond donors (Lipinski definition) is 2. The number of anilines is 1. The molecule has 0 aliphatic heterocycles. The molecular formula is C26H28N2O3S. The molecule has 5 nitrogen and oxygen atoms in total. The molecule has 0 fully saturated rings. The Morgan fingerprint density at radius 1 is 0.906 bits per heavy atom. The van der Waals surface area contributed by atoms with Gasteiger partial charge in [-0.25, -0.2) is 8.42 Å². The average Bonchev–Trinajstić information content (AvgIpc) is 3.23. The van der Waals surface area contributed by atoms with Crippen molar-refractivity contribution in [3.05, 3.63) is 94.0 Å². The van der Waals surface area contributed by atoms with E-state index in [0.717, 1.165) is 29.5 Å². The van der Waals surface area contributed by atoms with E-state index >= 15 is 0 Å². The van der Waals surface area contributed by atoms with Crippen molar-refractivity contribution in [2.45, 2.75) is 51.0 Å². The second kappa shape index (κ2) is 8.79. The van der Waals surface area contributed by atoms with Gasteiger partial charge >= 0.3 is 0 Å². The van der Waals surface area contributed by atoms with E-state index in [4.69, 9.17) is 0 Å². The zero-order valence-electron chi connectivity index (χ0n) is 18.6. The normalized spacial score (nSPS) is 14.0. The lowest BCUT2D eigenvalue weighted by Crippen LogP contribution is -2.27. The van der Waals surface area contributed by atoms with Gasteiger partial charge in [-0.3, -0.25) is 9.52 Å². The SMILES string of the molecule is Cc1ccc(S(=O)(=O)Nc2cc(C(=O)NC(C)c3ccc4c(c3)CCC4)ccc2C)cc1. The fraction of sp³-hybridized carbons (Fsp3) is 0.269. The van der Waals surface area contributed by atoms with E-state index in [2.05, 4.69) is 28.2 Å². The molecule has 0 aromatic heterocycles. The van der Waals surface area contributed by atoms with Crippen LogP contribution in [0.5, 0.6) is 0 Å². The van der Waals surface area contributed by atoms with Gasteiger partial charge in [-0.05, 0) is 86.6 Å². The smallest absolute Gasteiger partial charge is 0.261 e. The molecule has 0 saturated carbocycles. The summed E-state index contributed by atoms with van der Waals surface area (Å²) in [6, 6.07) is 18.0. The van der Waals surface area contributed by atoms with Gasteiger partial charge in [0.2, 0.25) is 0 Å². The molecule has 1 aliphatic rings. The fourth-order valence-electron chi connectivity index (χ4n) is 4.02. The molecule has 0 heterocycles. The number of rotatable bonds is 6. The summed E-state index contributed by atoms with van der Waals surface area (Å²) in [7, 11) is -3.75. The van der Waals surface area contributed by atoms with Crippen molar-refractivity contribution in [1.82, 2.24) is 5.32 Å². The number of amides is 1. The summed E-state index contributed by atoms with van der Waals surface area (Å²) in [4.78, 5) is 13.1. The highest BCUT2D eigenvalue weighted by atomic mass is 32.2. The predicted octanol–water partition coefficient (Wildman–Crippen LogP) is 5.08. The molecule has 32 heavy (non-hydrogen) atoms.